The average Bonchev–Trinajstić information content (AvgIpc) is 2.32. The summed E-state index contributed by atoms with van der Waals surface area (Å²) in [5, 5.41) is 0. The highest BCUT2D eigenvalue weighted by molar-refractivity contribution is 7.99. The molecule has 0 heterocycles. The Balaban J connectivity index is 2.80. The molecule has 0 fully saturated rings. The first-order valence-corrected chi connectivity index (χ1v) is 6.69. The van der Waals surface area contributed by atoms with E-state index in [1.54, 1.807) is 13.0 Å². The van der Waals surface area contributed by atoms with Crippen LogP contribution in [0.15, 0.2) is 17.0 Å². The van der Waals surface area contributed by atoms with Crippen LogP contribution in [0, 0.1) is 12.7 Å². The molecule has 5 heteroatoms. The van der Waals surface area contributed by atoms with E-state index in [2.05, 4.69) is 4.74 Å². The summed E-state index contributed by atoms with van der Waals surface area (Å²) in [6, 6.07) is 3.01. The van der Waals surface area contributed by atoms with Gasteiger partial charge in [-0.1, -0.05) is 0 Å². The highest BCUT2D eigenvalue weighted by atomic mass is 32.2. The molecule has 1 rings (SSSR count). The van der Waals surface area contributed by atoms with Gasteiger partial charge in [0.05, 0.1) is 13.5 Å². The Kier molecular flexibility index (Phi) is 5.62. The van der Waals surface area contributed by atoms with E-state index in [9.17, 15) is 9.18 Å². The van der Waals surface area contributed by atoms with Crippen molar-refractivity contribution >= 4 is 17.7 Å². The number of nitrogens with two attached hydrogens (primary N) is 1. The fourth-order valence-corrected chi connectivity index (χ4v) is 2.66. The first-order valence-electron chi connectivity index (χ1n) is 5.71. The van der Waals surface area contributed by atoms with Gasteiger partial charge in [-0.05, 0) is 37.1 Å². The highest BCUT2D eigenvalue weighted by Gasteiger charge is 2.12. The van der Waals surface area contributed by atoms with Crippen molar-refractivity contribution in [3.63, 3.8) is 0 Å². The summed E-state index contributed by atoms with van der Waals surface area (Å²) in [7, 11) is 1.36. The molecule has 100 valence electrons. The zero-order chi connectivity index (χ0) is 13.7. The van der Waals surface area contributed by atoms with Gasteiger partial charge in [0.15, 0.2) is 0 Å². The number of ether oxygens (including phenoxy) is 1. The average molecular weight is 271 g/mol. The van der Waals surface area contributed by atoms with Gasteiger partial charge in [-0.2, -0.15) is 0 Å². The van der Waals surface area contributed by atoms with Crippen molar-refractivity contribution < 1.29 is 13.9 Å². The Bertz CT molecular complexity index is 435. The van der Waals surface area contributed by atoms with Gasteiger partial charge >= 0.3 is 5.97 Å². The van der Waals surface area contributed by atoms with E-state index >= 15 is 0 Å². The third kappa shape index (κ3) is 3.99. The Morgan fingerprint density at radius 2 is 2.22 bits per heavy atom. The molecule has 3 nitrogen and oxygen atoms in total. The van der Waals surface area contributed by atoms with Gasteiger partial charge in [-0.3, -0.25) is 4.79 Å². The molecular weight excluding hydrogens is 253 g/mol. The van der Waals surface area contributed by atoms with Gasteiger partial charge in [-0.15, -0.1) is 11.8 Å². The van der Waals surface area contributed by atoms with E-state index in [-0.39, 0.29) is 17.8 Å². The van der Waals surface area contributed by atoms with Crippen molar-refractivity contribution in [1.29, 1.82) is 0 Å². The molecule has 2 N–H and O–H groups in total. The fraction of sp³-hybridized carbons (Fsp3) is 0.462. The molecule has 0 saturated carbocycles. The van der Waals surface area contributed by atoms with Crippen molar-refractivity contribution in [3.05, 3.63) is 29.1 Å². The lowest BCUT2D eigenvalue weighted by atomic mass is 10.1. The minimum absolute atomic E-state index is 0.235. The molecule has 0 amide bonds. The van der Waals surface area contributed by atoms with Gasteiger partial charge < -0.3 is 10.5 Å². The Morgan fingerprint density at radius 1 is 1.56 bits per heavy atom. The second-order valence-electron chi connectivity index (χ2n) is 4.10. The second kappa shape index (κ2) is 6.75. The lowest BCUT2D eigenvalue weighted by molar-refractivity contribution is -0.140. The van der Waals surface area contributed by atoms with E-state index in [1.807, 2.05) is 6.92 Å². The lowest BCUT2D eigenvalue weighted by Gasteiger charge is -2.13. The normalized spacial score (nSPS) is 12.3. The molecule has 0 aliphatic rings. The molecule has 1 atom stereocenters. The zero-order valence-electron chi connectivity index (χ0n) is 10.8. The Hall–Kier alpha value is -1.07. The summed E-state index contributed by atoms with van der Waals surface area (Å²) in [5.41, 5.74) is 7.17. The largest absolute Gasteiger partial charge is 0.469 e. The summed E-state index contributed by atoms with van der Waals surface area (Å²) >= 11 is 1.49. The third-order valence-electron chi connectivity index (χ3n) is 2.57. The molecule has 1 aromatic rings. The minimum Gasteiger partial charge on any atom is -0.469 e. The summed E-state index contributed by atoms with van der Waals surface area (Å²) in [5.74, 6) is 0.0978. The number of aryl methyl sites for hydroxylation is 1. The van der Waals surface area contributed by atoms with Crippen molar-refractivity contribution in [2.24, 2.45) is 5.73 Å². The van der Waals surface area contributed by atoms with Gasteiger partial charge in [0.25, 0.3) is 0 Å². The number of rotatable bonds is 5. The number of benzene rings is 1. The number of esters is 1. The van der Waals surface area contributed by atoms with Crippen LogP contribution >= 0.6 is 11.8 Å². The summed E-state index contributed by atoms with van der Waals surface area (Å²) in [4.78, 5) is 11.9. The van der Waals surface area contributed by atoms with Gasteiger partial charge in [0.2, 0.25) is 0 Å². The molecule has 0 spiro atoms. The van der Waals surface area contributed by atoms with Crippen LogP contribution in [-0.4, -0.2) is 18.8 Å². The molecule has 0 aliphatic carbocycles. The standard InChI is InChI=1S/C13H18FNO2S/c1-8-6-12(18-5-4-13(16)17-3)10(9(2)15)7-11(8)14/h6-7,9H,4-5,15H2,1-3H3/t9-/m0/s1. The van der Waals surface area contributed by atoms with Crippen molar-refractivity contribution in [3.8, 4) is 0 Å². The maximum absolute atomic E-state index is 13.5. The van der Waals surface area contributed by atoms with Gasteiger partial charge in [0.1, 0.15) is 5.82 Å². The highest BCUT2D eigenvalue weighted by Crippen LogP contribution is 2.29. The number of methoxy groups -OCH3 is 1. The van der Waals surface area contributed by atoms with Crippen molar-refractivity contribution in [2.45, 2.75) is 31.2 Å². The monoisotopic (exact) mass is 271 g/mol. The van der Waals surface area contributed by atoms with Crippen molar-refractivity contribution in [1.82, 2.24) is 0 Å². The SMILES string of the molecule is COC(=O)CCSc1cc(C)c(F)cc1[C@H](C)N. The number of hydrogen-bond acceptors (Lipinski definition) is 4. The molecule has 0 bridgehead atoms. The van der Waals surface area contributed by atoms with Gasteiger partial charge in [-0.25, -0.2) is 4.39 Å². The molecule has 1 aromatic carbocycles. The number of halogens is 1. The molecule has 0 aromatic heterocycles. The predicted octanol–water partition coefficient (Wildman–Crippen LogP) is 2.81. The van der Waals surface area contributed by atoms with E-state index < -0.39 is 0 Å². The number of carbonyl (C=O) groups excluding carboxylic acids is 1. The molecular formula is C13H18FNO2S. The van der Waals surface area contributed by atoms with Crippen LogP contribution in [0.5, 0.6) is 0 Å². The minimum atomic E-state index is -0.250. The van der Waals surface area contributed by atoms with E-state index in [0.29, 0.717) is 17.7 Å². The van der Waals surface area contributed by atoms with E-state index in [4.69, 9.17) is 5.73 Å². The van der Waals surface area contributed by atoms with Gasteiger partial charge in [0, 0.05) is 16.7 Å². The smallest absolute Gasteiger partial charge is 0.306 e. The molecule has 18 heavy (non-hydrogen) atoms. The molecule has 0 aliphatic heterocycles. The van der Waals surface area contributed by atoms with E-state index in [1.165, 1.54) is 24.9 Å². The maximum Gasteiger partial charge on any atom is 0.306 e. The first kappa shape index (κ1) is 15.0. The topological polar surface area (TPSA) is 52.3 Å². The zero-order valence-corrected chi connectivity index (χ0v) is 11.6. The second-order valence-corrected chi connectivity index (χ2v) is 5.24. The number of carbonyl (C=O) groups is 1. The fourth-order valence-electron chi connectivity index (χ4n) is 1.50. The molecule has 0 saturated heterocycles. The predicted molar refractivity (Wildman–Crippen MR) is 71.1 cm³/mol. The van der Waals surface area contributed by atoms with Crippen LogP contribution in [0.1, 0.15) is 30.5 Å². The lowest BCUT2D eigenvalue weighted by Crippen LogP contribution is -2.08. The van der Waals surface area contributed by atoms with Crippen LogP contribution in [0.2, 0.25) is 0 Å². The van der Waals surface area contributed by atoms with E-state index in [0.717, 1.165) is 10.5 Å². The summed E-state index contributed by atoms with van der Waals surface area (Å²) < 4.78 is 18.1. The number of hydrogen-bond donors (Lipinski definition) is 1. The summed E-state index contributed by atoms with van der Waals surface area (Å²) in [6.07, 6.45) is 0.329. The van der Waals surface area contributed by atoms with Crippen LogP contribution < -0.4 is 5.73 Å². The Morgan fingerprint density at radius 3 is 2.78 bits per heavy atom. The molecule has 0 radical (unpaired) electrons. The van der Waals surface area contributed by atoms with Crippen LogP contribution in [0.4, 0.5) is 4.39 Å². The quantitative estimate of drug-likeness (QED) is 0.661. The first-order chi connectivity index (χ1) is 8.45. The summed E-state index contributed by atoms with van der Waals surface area (Å²) in [6.45, 7) is 3.53. The third-order valence-corrected chi connectivity index (χ3v) is 3.65. The van der Waals surface area contributed by atoms with Crippen molar-refractivity contribution in [2.75, 3.05) is 12.9 Å². The van der Waals surface area contributed by atoms with Crippen LogP contribution in [0.25, 0.3) is 0 Å². The maximum atomic E-state index is 13.5. The number of thioether (sulfide) groups is 1. The molecule has 0 unspecified atom stereocenters. The Labute approximate surface area is 111 Å². The van der Waals surface area contributed by atoms with Crippen LogP contribution in [-0.2, 0) is 9.53 Å². The van der Waals surface area contributed by atoms with Crippen LogP contribution in [0.3, 0.4) is 0 Å².